The first-order valence-electron chi connectivity index (χ1n) is 7.21. The summed E-state index contributed by atoms with van der Waals surface area (Å²) in [6.07, 6.45) is 0. The Morgan fingerprint density at radius 1 is 1.19 bits per heavy atom. The molecule has 21 heavy (non-hydrogen) atoms. The number of benzene rings is 2. The van der Waals surface area contributed by atoms with Crippen molar-refractivity contribution in [3.8, 4) is 5.75 Å². The molecule has 0 aliphatic heterocycles. The van der Waals surface area contributed by atoms with E-state index in [0.717, 1.165) is 29.0 Å². The van der Waals surface area contributed by atoms with Crippen LogP contribution in [0, 0.1) is 19.7 Å². The van der Waals surface area contributed by atoms with Crippen LogP contribution < -0.4 is 10.1 Å². The normalized spacial score (nSPS) is 12.2. The van der Waals surface area contributed by atoms with Crippen LogP contribution in [0.15, 0.2) is 36.4 Å². The second-order valence-electron chi connectivity index (χ2n) is 5.21. The van der Waals surface area contributed by atoms with Gasteiger partial charge in [-0.1, -0.05) is 31.2 Å². The standard InChI is InChI=1S/C18H22FNO/c1-5-20-18(14-8-6-7-9-16(14)21-4)17-13(3)10-12(2)11-15(17)19/h6-11,18,20H,5H2,1-4H3. The van der Waals surface area contributed by atoms with E-state index >= 15 is 0 Å². The predicted molar refractivity (Wildman–Crippen MR) is 84.4 cm³/mol. The minimum Gasteiger partial charge on any atom is -0.496 e. The van der Waals surface area contributed by atoms with E-state index in [1.807, 2.05) is 51.1 Å². The number of para-hydroxylation sites is 1. The van der Waals surface area contributed by atoms with Crippen LogP contribution in [0.4, 0.5) is 4.39 Å². The van der Waals surface area contributed by atoms with Gasteiger partial charge in [0.2, 0.25) is 0 Å². The van der Waals surface area contributed by atoms with Gasteiger partial charge in [-0.25, -0.2) is 4.39 Å². The molecule has 2 rings (SSSR count). The summed E-state index contributed by atoms with van der Waals surface area (Å²) in [6, 6.07) is 11.1. The molecule has 0 aromatic heterocycles. The second-order valence-corrected chi connectivity index (χ2v) is 5.21. The molecule has 0 amide bonds. The van der Waals surface area contributed by atoms with Crippen LogP contribution >= 0.6 is 0 Å². The van der Waals surface area contributed by atoms with E-state index < -0.39 is 0 Å². The van der Waals surface area contributed by atoms with E-state index in [4.69, 9.17) is 4.74 Å². The lowest BCUT2D eigenvalue weighted by atomic mass is 9.92. The molecule has 0 saturated carbocycles. The van der Waals surface area contributed by atoms with Crippen molar-refractivity contribution >= 4 is 0 Å². The maximum Gasteiger partial charge on any atom is 0.128 e. The molecule has 1 unspecified atom stereocenters. The fraction of sp³-hybridized carbons (Fsp3) is 0.333. The Hall–Kier alpha value is -1.87. The molecular weight excluding hydrogens is 265 g/mol. The zero-order chi connectivity index (χ0) is 15.4. The molecule has 112 valence electrons. The monoisotopic (exact) mass is 287 g/mol. The van der Waals surface area contributed by atoms with Gasteiger partial charge in [0, 0.05) is 11.1 Å². The smallest absolute Gasteiger partial charge is 0.128 e. The Kier molecular flexibility index (Phi) is 4.97. The number of nitrogens with one attached hydrogen (secondary N) is 1. The van der Waals surface area contributed by atoms with Gasteiger partial charge in [0.1, 0.15) is 11.6 Å². The average Bonchev–Trinajstić information content (AvgIpc) is 2.45. The molecular formula is C18H22FNO. The van der Waals surface area contributed by atoms with Crippen LogP contribution in [0.25, 0.3) is 0 Å². The maximum atomic E-state index is 14.5. The fourth-order valence-electron chi connectivity index (χ4n) is 2.77. The summed E-state index contributed by atoms with van der Waals surface area (Å²) in [5.74, 6) is 0.590. The predicted octanol–water partition coefficient (Wildman–Crippen LogP) is 4.15. The van der Waals surface area contributed by atoms with Gasteiger partial charge in [-0.05, 0) is 43.7 Å². The van der Waals surface area contributed by atoms with Gasteiger partial charge in [-0.3, -0.25) is 0 Å². The van der Waals surface area contributed by atoms with Gasteiger partial charge in [0.15, 0.2) is 0 Å². The number of aryl methyl sites for hydroxylation is 2. The topological polar surface area (TPSA) is 21.3 Å². The highest BCUT2D eigenvalue weighted by Crippen LogP contribution is 2.33. The van der Waals surface area contributed by atoms with Crippen molar-refractivity contribution < 1.29 is 9.13 Å². The molecule has 0 spiro atoms. The highest BCUT2D eigenvalue weighted by atomic mass is 19.1. The molecule has 0 aliphatic rings. The summed E-state index contributed by atoms with van der Waals surface area (Å²) < 4.78 is 20.0. The lowest BCUT2D eigenvalue weighted by molar-refractivity contribution is 0.403. The zero-order valence-corrected chi connectivity index (χ0v) is 13.0. The molecule has 2 aromatic carbocycles. The van der Waals surface area contributed by atoms with Gasteiger partial charge >= 0.3 is 0 Å². The highest BCUT2D eigenvalue weighted by molar-refractivity contribution is 5.45. The molecule has 1 atom stereocenters. The van der Waals surface area contributed by atoms with Crippen molar-refractivity contribution in [3.63, 3.8) is 0 Å². The minimum absolute atomic E-state index is 0.177. The van der Waals surface area contributed by atoms with Crippen molar-refractivity contribution in [2.75, 3.05) is 13.7 Å². The number of rotatable bonds is 5. The fourth-order valence-corrected chi connectivity index (χ4v) is 2.77. The molecule has 2 aromatic rings. The van der Waals surface area contributed by atoms with Crippen molar-refractivity contribution in [2.45, 2.75) is 26.8 Å². The molecule has 3 heteroatoms. The Balaban J connectivity index is 2.59. The van der Waals surface area contributed by atoms with E-state index in [0.29, 0.717) is 5.56 Å². The summed E-state index contributed by atoms with van der Waals surface area (Å²) in [6.45, 7) is 6.62. The molecule has 0 aliphatic carbocycles. The summed E-state index contributed by atoms with van der Waals surface area (Å²) in [4.78, 5) is 0. The number of hydrogen-bond donors (Lipinski definition) is 1. The highest BCUT2D eigenvalue weighted by Gasteiger charge is 2.22. The first-order chi connectivity index (χ1) is 10.1. The molecule has 0 heterocycles. The number of halogens is 1. The summed E-state index contributed by atoms with van der Waals surface area (Å²) in [7, 11) is 1.64. The van der Waals surface area contributed by atoms with Crippen LogP contribution in [0.3, 0.4) is 0 Å². The molecule has 0 bridgehead atoms. The van der Waals surface area contributed by atoms with Crippen molar-refractivity contribution in [2.24, 2.45) is 0 Å². The molecule has 0 saturated heterocycles. The molecule has 1 N–H and O–H groups in total. The first kappa shape index (κ1) is 15.5. The number of ether oxygens (including phenoxy) is 1. The zero-order valence-electron chi connectivity index (χ0n) is 13.0. The van der Waals surface area contributed by atoms with Gasteiger partial charge in [-0.15, -0.1) is 0 Å². The Morgan fingerprint density at radius 2 is 1.90 bits per heavy atom. The molecule has 0 radical (unpaired) electrons. The van der Waals surface area contributed by atoms with Crippen LogP contribution in [-0.4, -0.2) is 13.7 Å². The molecule has 2 nitrogen and oxygen atoms in total. The summed E-state index contributed by atoms with van der Waals surface area (Å²) in [5.41, 5.74) is 3.52. The van der Waals surface area contributed by atoms with Crippen LogP contribution in [0.5, 0.6) is 5.75 Å². The second kappa shape index (κ2) is 6.72. The lowest BCUT2D eigenvalue weighted by Gasteiger charge is -2.23. The van der Waals surface area contributed by atoms with E-state index in [2.05, 4.69) is 5.32 Å². The van der Waals surface area contributed by atoms with E-state index in [1.54, 1.807) is 13.2 Å². The SMILES string of the molecule is CCNC(c1ccccc1OC)c1c(C)cc(C)cc1F. The largest absolute Gasteiger partial charge is 0.496 e. The third-order valence-electron chi connectivity index (χ3n) is 3.63. The van der Waals surface area contributed by atoms with Gasteiger partial charge in [-0.2, -0.15) is 0 Å². The van der Waals surface area contributed by atoms with E-state index in [9.17, 15) is 4.39 Å². The van der Waals surface area contributed by atoms with Gasteiger partial charge in [0.25, 0.3) is 0 Å². The van der Waals surface area contributed by atoms with Crippen LogP contribution in [0.2, 0.25) is 0 Å². The van der Waals surface area contributed by atoms with E-state index in [1.165, 1.54) is 0 Å². The lowest BCUT2D eigenvalue weighted by Crippen LogP contribution is -2.24. The van der Waals surface area contributed by atoms with Crippen LogP contribution in [-0.2, 0) is 0 Å². The maximum absolute atomic E-state index is 14.5. The Morgan fingerprint density at radius 3 is 2.52 bits per heavy atom. The summed E-state index contributed by atoms with van der Waals surface area (Å²) in [5, 5.41) is 3.37. The Bertz CT molecular complexity index is 601. The average molecular weight is 287 g/mol. The number of methoxy groups -OCH3 is 1. The van der Waals surface area contributed by atoms with E-state index in [-0.39, 0.29) is 11.9 Å². The quantitative estimate of drug-likeness (QED) is 0.892. The third-order valence-corrected chi connectivity index (χ3v) is 3.63. The minimum atomic E-state index is -0.216. The van der Waals surface area contributed by atoms with Gasteiger partial charge < -0.3 is 10.1 Å². The van der Waals surface area contributed by atoms with Crippen molar-refractivity contribution in [1.29, 1.82) is 0 Å². The Labute approximate surface area is 126 Å². The van der Waals surface area contributed by atoms with Crippen molar-refractivity contribution in [1.82, 2.24) is 5.32 Å². The summed E-state index contributed by atoms with van der Waals surface area (Å²) >= 11 is 0. The first-order valence-corrected chi connectivity index (χ1v) is 7.21. The number of hydrogen-bond acceptors (Lipinski definition) is 2. The van der Waals surface area contributed by atoms with Crippen molar-refractivity contribution in [3.05, 3.63) is 64.5 Å². The molecule has 0 fully saturated rings. The van der Waals surface area contributed by atoms with Gasteiger partial charge in [0.05, 0.1) is 13.2 Å². The third kappa shape index (κ3) is 3.24. The van der Waals surface area contributed by atoms with Crippen LogP contribution in [0.1, 0.15) is 35.2 Å².